The summed E-state index contributed by atoms with van der Waals surface area (Å²) in [6.45, 7) is 4.30. The van der Waals surface area contributed by atoms with Crippen LogP contribution in [-0.2, 0) is 30.7 Å². The van der Waals surface area contributed by atoms with E-state index in [2.05, 4.69) is 56.1 Å². The average molecular weight is 629 g/mol. The molecule has 0 amide bonds. The molecule has 4 heterocycles. The number of rotatable bonds is 6. The fourth-order valence-corrected chi connectivity index (χ4v) is 6.14. The lowest BCUT2D eigenvalue weighted by molar-refractivity contribution is -0.0312. The van der Waals surface area contributed by atoms with Crippen LogP contribution < -0.4 is 11.1 Å². The molecular weight excluding hydrogens is 594 g/mol. The van der Waals surface area contributed by atoms with Gasteiger partial charge < -0.3 is 19.4 Å². The molecular formula is C34H34BrN3O4. The van der Waals surface area contributed by atoms with E-state index in [0.29, 0.717) is 24.4 Å². The molecule has 7 nitrogen and oxygen atoms in total. The highest BCUT2D eigenvalue weighted by molar-refractivity contribution is 9.10. The zero-order valence-electron chi connectivity index (χ0n) is 23.3. The number of hydrogen-bond acceptors (Lipinski definition) is 5. The first-order chi connectivity index (χ1) is 20.4. The fraction of sp³-hybridized carbons (Fsp3) is 0.294. The molecule has 1 saturated heterocycles. The number of nitrogens with zero attached hydrogens (tertiary/aromatic N) is 2. The Bertz CT molecular complexity index is 1830. The molecule has 2 N–H and O–H groups in total. The minimum atomic E-state index is -0.583. The van der Waals surface area contributed by atoms with Crippen molar-refractivity contribution in [3.63, 3.8) is 0 Å². The molecule has 8 heteroatoms. The summed E-state index contributed by atoms with van der Waals surface area (Å²) < 4.78 is 7.84. The van der Waals surface area contributed by atoms with Crippen LogP contribution in [0.3, 0.4) is 0 Å². The van der Waals surface area contributed by atoms with Gasteiger partial charge in [0.25, 0.3) is 11.1 Å². The molecule has 42 heavy (non-hydrogen) atoms. The lowest BCUT2D eigenvalue weighted by atomic mass is 9.96. The Hall–Kier alpha value is -3.56. The summed E-state index contributed by atoms with van der Waals surface area (Å²) in [4.78, 5) is 29.2. The lowest BCUT2D eigenvalue weighted by Gasteiger charge is -2.30. The molecule has 0 spiro atoms. The molecule has 3 aromatic carbocycles. The van der Waals surface area contributed by atoms with Crippen molar-refractivity contribution in [3.8, 4) is 0 Å². The standard InChI is InChI=1S/C25H28N2O3.C9H6BrNO/c28-23(14-26-9-7-20-3-1-2-4-22(20)13-26)15-27-10-8-21-6-5-18(11-19-16-30-17-19)12-24(21)25(27)29;10-7-2-1-6-3-4-11-9(12)8(6)5-7/h1-6,8,10,12,19,23,28H,7,9,11,13-17H2;1-5H,(H,11,12). The van der Waals surface area contributed by atoms with Crippen molar-refractivity contribution in [2.75, 3.05) is 26.3 Å². The largest absolute Gasteiger partial charge is 0.390 e. The van der Waals surface area contributed by atoms with Crippen molar-refractivity contribution in [1.29, 1.82) is 0 Å². The van der Waals surface area contributed by atoms with E-state index in [1.54, 1.807) is 17.0 Å². The van der Waals surface area contributed by atoms with Crippen LogP contribution in [-0.4, -0.2) is 52.0 Å². The number of halogens is 1. The summed E-state index contributed by atoms with van der Waals surface area (Å²) in [5.41, 5.74) is 3.84. The Morgan fingerprint density at radius 2 is 1.71 bits per heavy atom. The van der Waals surface area contributed by atoms with E-state index in [-0.39, 0.29) is 11.1 Å². The van der Waals surface area contributed by atoms with Crippen LogP contribution in [0.5, 0.6) is 0 Å². The van der Waals surface area contributed by atoms with Gasteiger partial charge >= 0.3 is 0 Å². The highest BCUT2D eigenvalue weighted by Gasteiger charge is 2.20. The van der Waals surface area contributed by atoms with Crippen LogP contribution in [0.25, 0.3) is 21.5 Å². The van der Waals surface area contributed by atoms with Gasteiger partial charge in [-0.1, -0.05) is 58.4 Å². The van der Waals surface area contributed by atoms with Crippen molar-refractivity contribution >= 4 is 37.5 Å². The number of fused-ring (bicyclic) bond motifs is 3. The van der Waals surface area contributed by atoms with E-state index in [9.17, 15) is 14.7 Å². The van der Waals surface area contributed by atoms with Gasteiger partial charge in [-0.25, -0.2) is 0 Å². The normalized spacial score (nSPS) is 16.0. The third-order valence-corrected chi connectivity index (χ3v) is 8.59. The third-order valence-electron chi connectivity index (χ3n) is 8.10. The Balaban J connectivity index is 0.000000219. The molecule has 1 fully saturated rings. The molecule has 5 aromatic rings. The molecule has 0 bridgehead atoms. The van der Waals surface area contributed by atoms with Crippen LogP contribution in [0.4, 0.5) is 0 Å². The van der Waals surface area contributed by atoms with E-state index >= 15 is 0 Å². The Morgan fingerprint density at radius 3 is 2.52 bits per heavy atom. The van der Waals surface area contributed by atoms with Gasteiger partial charge in [0.05, 0.1) is 25.9 Å². The van der Waals surface area contributed by atoms with Gasteiger partial charge in [0.2, 0.25) is 0 Å². The Labute approximate surface area is 252 Å². The first kappa shape index (κ1) is 28.6. The van der Waals surface area contributed by atoms with Crippen LogP contribution >= 0.6 is 15.9 Å². The van der Waals surface area contributed by atoms with Crippen molar-refractivity contribution in [2.45, 2.75) is 32.0 Å². The maximum atomic E-state index is 13.1. The minimum Gasteiger partial charge on any atom is -0.390 e. The molecule has 2 aromatic heterocycles. The number of H-pyrrole nitrogens is 1. The van der Waals surface area contributed by atoms with Crippen molar-refractivity contribution < 1.29 is 9.84 Å². The zero-order chi connectivity index (χ0) is 29.1. The number of ether oxygens (including phenoxy) is 1. The number of β-amino-alcohol motifs (C(OH)–C–C–N with tert-alkyl or cyclic N) is 1. The number of benzene rings is 3. The molecule has 0 aliphatic carbocycles. The number of hydrogen-bond donors (Lipinski definition) is 2. The molecule has 216 valence electrons. The van der Waals surface area contributed by atoms with E-state index in [0.717, 1.165) is 59.8 Å². The second-order valence-electron chi connectivity index (χ2n) is 11.2. The van der Waals surface area contributed by atoms with Crippen LogP contribution in [0.1, 0.15) is 16.7 Å². The second-order valence-corrected chi connectivity index (χ2v) is 12.2. The maximum Gasteiger partial charge on any atom is 0.258 e. The summed E-state index contributed by atoms with van der Waals surface area (Å²) in [7, 11) is 0. The number of aromatic amines is 1. The second kappa shape index (κ2) is 12.8. The quantitative estimate of drug-likeness (QED) is 0.280. The lowest BCUT2D eigenvalue weighted by Crippen LogP contribution is -2.39. The molecule has 0 saturated carbocycles. The van der Waals surface area contributed by atoms with E-state index in [1.807, 2.05) is 42.5 Å². The molecule has 2 aliphatic heterocycles. The van der Waals surface area contributed by atoms with E-state index < -0.39 is 6.10 Å². The van der Waals surface area contributed by atoms with Crippen molar-refractivity contribution in [3.05, 3.63) is 127 Å². The van der Waals surface area contributed by atoms with Gasteiger partial charge in [-0.15, -0.1) is 0 Å². The minimum absolute atomic E-state index is 0.0257. The number of nitrogens with one attached hydrogen (secondary N) is 1. The summed E-state index contributed by atoms with van der Waals surface area (Å²) in [6, 6.07) is 24.1. The smallest absolute Gasteiger partial charge is 0.258 e. The van der Waals surface area contributed by atoms with E-state index in [4.69, 9.17) is 4.74 Å². The Morgan fingerprint density at radius 1 is 0.929 bits per heavy atom. The van der Waals surface area contributed by atoms with Gasteiger partial charge in [0.1, 0.15) is 0 Å². The molecule has 2 aliphatic rings. The van der Waals surface area contributed by atoms with Gasteiger partial charge in [-0.2, -0.15) is 0 Å². The highest BCUT2D eigenvalue weighted by atomic mass is 79.9. The van der Waals surface area contributed by atoms with E-state index in [1.165, 1.54) is 16.7 Å². The molecule has 1 unspecified atom stereocenters. The highest BCUT2D eigenvalue weighted by Crippen LogP contribution is 2.21. The molecule has 0 radical (unpaired) electrons. The van der Waals surface area contributed by atoms with Gasteiger partial charge in [0.15, 0.2) is 0 Å². The van der Waals surface area contributed by atoms with Gasteiger partial charge in [0, 0.05) is 53.2 Å². The zero-order valence-corrected chi connectivity index (χ0v) is 24.9. The number of aliphatic hydroxyl groups is 1. The van der Waals surface area contributed by atoms with Crippen LogP contribution in [0.15, 0.2) is 99.3 Å². The summed E-state index contributed by atoms with van der Waals surface area (Å²) in [5, 5.41) is 14.1. The topological polar surface area (TPSA) is 87.6 Å². The predicted octanol–water partition coefficient (Wildman–Crippen LogP) is 4.90. The molecule has 1 atom stereocenters. The first-order valence-corrected chi connectivity index (χ1v) is 15.2. The first-order valence-electron chi connectivity index (χ1n) is 14.4. The summed E-state index contributed by atoms with van der Waals surface area (Å²) >= 11 is 3.31. The van der Waals surface area contributed by atoms with Crippen LogP contribution in [0, 0.1) is 5.92 Å². The van der Waals surface area contributed by atoms with Crippen molar-refractivity contribution in [2.24, 2.45) is 5.92 Å². The average Bonchev–Trinajstić information content (AvgIpc) is 2.97. The van der Waals surface area contributed by atoms with Gasteiger partial charge in [-0.3, -0.25) is 14.5 Å². The van der Waals surface area contributed by atoms with Crippen LogP contribution in [0.2, 0.25) is 0 Å². The predicted molar refractivity (Wildman–Crippen MR) is 170 cm³/mol. The van der Waals surface area contributed by atoms with Gasteiger partial charge in [-0.05, 0) is 70.6 Å². The summed E-state index contributed by atoms with van der Waals surface area (Å²) in [5.74, 6) is 0.560. The number of aliphatic hydroxyl groups excluding tert-OH is 1. The maximum absolute atomic E-state index is 13.1. The number of pyridine rings is 2. The number of aromatic nitrogens is 2. The third kappa shape index (κ3) is 6.57. The van der Waals surface area contributed by atoms with Crippen molar-refractivity contribution in [1.82, 2.24) is 14.5 Å². The monoisotopic (exact) mass is 627 g/mol. The fourth-order valence-electron chi connectivity index (χ4n) is 5.78. The molecule has 7 rings (SSSR count). The Kier molecular flexibility index (Phi) is 8.67. The summed E-state index contributed by atoms with van der Waals surface area (Å²) in [6.07, 6.45) is 4.83. The SMILES string of the molecule is O=c1[nH]ccc2ccc(Br)cc12.O=c1c2cc(CC3COC3)ccc2ccn1CC(O)CN1CCc2ccccc2C1.